The molecule has 0 aliphatic rings. The number of sulfonamides is 1. The molecule has 0 saturated heterocycles. The number of benzene rings is 1. The number of hydrogen-bond acceptors (Lipinski definition) is 4. The lowest BCUT2D eigenvalue weighted by Crippen LogP contribution is -2.13. The number of imidazole rings is 1. The fourth-order valence-corrected chi connectivity index (χ4v) is 2.81. The molecular weight excluding hydrogens is 302 g/mol. The summed E-state index contributed by atoms with van der Waals surface area (Å²) in [5, 5.41) is -0.00110. The Hall–Kier alpha value is -1.73. The standard InChI is InChI=1S/C12H14ClN3O3S/c1-2-19-11-4-3-10(5-9(11)6-13)16-20(17,18)12-7-14-8-15-12/h3-5,7-8,16H,2,6H2,1H3,(H,14,15). The summed E-state index contributed by atoms with van der Waals surface area (Å²) in [6, 6.07) is 4.95. The number of aromatic nitrogens is 2. The van der Waals surface area contributed by atoms with Gasteiger partial charge in [-0.25, -0.2) is 4.98 Å². The van der Waals surface area contributed by atoms with Gasteiger partial charge in [0, 0.05) is 11.3 Å². The average Bonchev–Trinajstić information content (AvgIpc) is 2.95. The van der Waals surface area contributed by atoms with Crippen molar-refractivity contribution in [1.29, 1.82) is 0 Å². The van der Waals surface area contributed by atoms with Gasteiger partial charge in [-0.3, -0.25) is 4.72 Å². The third kappa shape index (κ3) is 3.23. The highest BCUT2D eigenvalue weighted by Gasteiger charge is 2.16. The Morgan fingerprint density at radius 2 is 2.25 bits per heavy atom. The van der Waals surface area contributed by atoms with Gasteiger partial charge >= 0.3 is 0 Å². The van der Waals surface area contributed by atoms with Gasteiger partial charge in [-0.05, 0) is 25.1 Å². The lowest BCUT2D eigenvalue weighted by molar-refractivity contribution is 0.337. The van der Waals surface area contributed by atoms with Crippen molar-refractivity contribution in [1.82, 2.24) is 9.97 Å². The van der Waals surface area contributed by atoms with Crippen LogP contribution in [0.15, 0.2) is 35.7 Å². The summed E-state index contributed by atoms with van der Waals surface area (Å²) < 4.78 is 31.9. The van der Waals surface area contributed by atoms with E-state index in [2.05, 4.69) is 14.7 Å². The molecule has 0 bridgehead atoms. The van der Waals surface area contributed by atoms with Crippen LogP contribution in [0.25, 0.3) is 0 Å². The highest BCUT2D eigenvalue weighted by atomic mass is 35.5. The zero-order valence-electron chi connectivity index (χ0n) is 10.8. The second-order valence-corrected chi connectivity index (χ2v) is 5.83. The van der Waals surface area contributed by atoms with Crippen molar-refractivity contribution in [2.45, 2.75) is 17.8 Å². The lowest BCUT2D eigenvalue weighted by atomic mass is 10.2. The summed E-state index contributed by atoms with van der Waals surface area (Å²) in [6.07, 6.45) is 2.54. The number of halogens is 1. The number of nitrogens with one attached hydrogen (secondary N) is 2. The second kappa shape index (κ2) is 6.15. The van der Waals surface area contributed by atoms with E-state index in [4.69, 9.17) is 16.3 Å². The van der Waals surface area contributed by atoms with E-state index in [9.17, 15) is 8.42 Å². The van der Waals surface area contributed by atoms with Crippen molar-refractivity contribution in [3.8, 4) is 5.75 Å². The molecule has 0 radical (unpaired) electrons. The number of hydrogen-bond donors (Lipinski definition) is 2. The lowest BCUT2D eigenvalue weighted by Gasteiger charge is -2.11. The smallest absolute Gasteiger partial charge is 0.278 e. The van der Waals surface area contributed by atoms with Gasteiger partial charge in [0.05, 0.1) is 25.0 Å². The number of anilines is 1. The minimum atomic E-state index is -3.67. The first-order valence-corrected chi connectivity index (χ1v) is 7.91. The van der Waals surface area contributed by atoms with Gasteiger partial charge in [0.25, 0.3) is 10.0 Å². The van der Waals surface area contributed by atoms with E-state index < -0.39 is 10.0 Å². The van der Waals surface area contributed by atoms with E-state index >= 15 is 0 Å². The van der Waals surface area contributed by atoms with Crippen LogP contribution in [0.1, 0.15) is 12.5 Å². The first-order chi connectivity index (χ1) is 9.56. The van der Waals surface area contributed by atoms with E-state index in [0.717, 1.165) is 5.56 Å². The van der Waals surface area contributed by atoms with Crippen molar-refractivity contribution >= 4 is 27.3 Å². The Labute approximate surface area is 122 Å². The normalized spacial score (nSPS) is 11.3. The molecule has 2 aromatic rings. The van der Waals surface area contributed by atoms with E-state index in [1.54, 1.807) is 18.2 Å². The van der Waals surface area contributed by atoms with Crippen LogP contribution >= 0.6 is 11.6 Å². The Balaban J connectivity index is 2.26. The maximum Gasteiger partial charge on any atom is 0.278 e. The molecule has 1 heterocycles. The minimum absolute atomic E-state index is 0.00110. The molecule has 2 N–H and O–H groups in total. The molecule has 0 saturated carbocycles. The molecule has 2 rings (SSSR count). The molecule has 0 aliphatic carbocycles. The van der Waals surface area contributed by atoms with E-state index in [1.165, 1.54) is 12.5 Å². The molecule has 0 aliphatic heterocycles. The summed E-state index contributed by atoms with van der Waals surface area (Å²) in [7, 11) is -3.67. The molecule has 1 aromatic carbocycles. The highest BCUT2D eigenvalue weighted by Crippen LogP contribution is 2.25. The number of rotatable bonds is 6. The van der Waals surface area contributed by atoms with Crippen LogP contribution in [-0.2, 0) is 15.9 Å². The SMILES string of the molecule is CCOc1ccc(NS(=O)(=O)c2cnc[nH]2)cc1CCl. The summed E-state index contributed by atoms with van der Waals surface area (Å²) >= 11 is 5.84. The quantitative estimate of drug-likeness (QED) is 0.801. The van der Waals surface area contributed by atoms with E-state index in [-0.39, 0.29) is 10.9 Å². The van der Waals surface area contributed by atoms with Crippen LogP contribution in [0.3, 0.4) is 0 Å². The molecule has 8 heteroatoms. The van der Waals surface area contributed by atoms with Gasteiger partial charge in [-0.2, -0.15) is 8.42 Å². The van der Waals surface area contributed by atoms with Gasteiger partial charge in [0.15, 0.2) is 5.03 Å². The van der Waals surface area contributed by atoms with Gasteiger partial charge in [0.1, 0.15) is 5.75 Å². The van der Waals surface area contributed by atoms with Crippen molar-refractivity contribution < 1.29 is 13.2 Å². The first kappa shape index (κ1) is 14.7. The maximum atomic E-state index is 12.0. The van der Waals surface area contributed by atoms with Crippen LogP contribution < -0.4 is 9.46 Å². The third-order valence-corrected chi connectivity index (χ3v) is 4.11. The number of nitrogens with zero attached hydrogens (tertiary/aromatic N) is 1. The van der Waals surface area contributed by atoms with Gasteiger partial charge in [0.2, 0.25) is 0 Å². The molecule has 1 aromatic heterocycles. The number of H-pyrrole nitrogens is 1. The topological polar surface area (TPSA) is 84.1 Å². The Kier molecular flexibility index (Phi) is 4.51. The van der Waals surface area contributed by atoms with Crippen LogP contribution in [0.2, 0.25) is 0 Å². The van der Waals surface area contributed by atoms with Gasteiger partial charge < -0.3 is 9.72 Å². The second-order valence-electron chi connectivity index (χ2n) is 3.91. The molecule has 108 valence electrons. The average molecular weight is 316 g/mol. The summed E-state index contributed by atoms with van der Waals surface area (Å²) in [6.45, 7) is 2.38. The zero-order valence-corrected chi connectivity index (χ0v) is 12.3. The largest absolute Gasteiger partial charge is 0.494 e. The summed E-state index contributed by atoms with van der Waals surface area (Å²) in [4.78, 5) is 6.23. The number of alkyl halides is 1. The Morgan fingerprint density at radius 1 is 1.45 bits per heavy atom. The molecular formula is C12H14ClN3O3S. The predicted molar refractivity (Wildman–Crippen MR) is 76.6 cm³/mol. The first-order valence-electron chi connectivity index (χ1n) is 5.89. The zero-order chi connectivity index (χ0) is 14.6. The molecule has 0 fully saturated rings. The highest BCUT2D eigenvalue weighted by molar-refractivity contribution is 7.92. The fraction of sp³-hybridized carbons (Fsp3) is 0.250. The van der Waals surface area contributed by atoms with E-state index in [1.807, 2.05) is 6.92 Å². The van der Waals surface area contributed by atoms with Crippen molar-refractivity contribution in [3.63, 3.8) is 0 Å². The summed E-state index contributed by atoms with van der Waals surface area (Å²) in [5.74, 6) is 0.876. The fourth-order valence-electron chi connectivity index (χ4n) is 1.64. The Bertz CT molecular complexity index is 671. The van der Waals surface area contributed by atoms with Gasteiger partial charge in [-0.1, -0.05) is 0 Å². The van der Waals surface area contributed by atoms with Crippen LogP contribution in [0, 0.1) is 0 Å². The van der Waals surface area contributed by atoms with Crippen molar-refractivity contribution in [3.05, 3.63) is 36.3 Å². The van der Waals surface area contributed by atoms with Gasteiger partial charge in [-0.15, -0.1) is 11.6 Å². The van der Waals surface area contributed by atoms with Crippen molar-refractivity contribution in [2.24, 2.45) is 0 Å². The Morgan fingerprint density at radius 3 is 2.85 bits per heavy atom. The molecule has 20 heavy (non-hydrogen) atoms. The number of aromatic amines is 1. The van der Waals surface area contributed by atoms with Crippen LogP contribution in [0.4, 0.5) is 5.69 Å². The predicted octanol–water partition coefficient (Wildman–Crippen LogP) is 2.35. The molecule has 6 nitrogen and oxygen atoms in total. The minimum Gasteiger partial charge on any atom is -0.494 e. The third-order valence-electron chi connectivity index (χ3n) is 2.52. The molecule has 0 atom stereocenters. The summed E-state index contributed by atoms with van der Waals surface area (Å²) in [5.41, 5.74) is 1.14. The molecule has 0 unspecified atom stereocenters. The molecule has 0 spiro atoms. The van der Waals surface area contributed by atoms with E-state index in [0.29, 0.717) is 18.0 Å². The monoisotopic (exact) mass is 315 g/mol. The maximum absolute atomic E-state index is 12.0. The van der Waals surface area contributed by atoms with Crippen LogP contribution in [0.5, 0.6) is 5.75 Å². The van der Waals surface area contributed by atoms with Crippen molar-refractivity contribution in [2.75, 3.05) is 11.3 Å². The molecule has 0 amide bonds. The van der Waals surface area contributed by atoms with Crippen LogP contribution in [-0.4, -0.2) is 25.0 Å². The number of ether oxygens (including phenoxy) is 1.